The molecular weight excluding hydrogens is 116 g/mol. The SMILES string of the molecule is COCN1C=CC=NC1. The van der Waals surface area contributed by atoms with Crippen molar-refractivity contribution < 1.29 is 4.74 Å². The largest absolute Gasteiger partial charge is 0.364 e. The molecule has 0 aliphatic carbocycles. The Bertz CT molecular complexity index is 131. The summed E-state index contributed by atoms with van der Waals surface area (Å²) in [7, 11) is 1.67. The molecule has 0 saturated carbocycles. The standard InChI is InChI=1S/C6H10N2O/c1-9-6-8-4-2-3-7-5-8/h2-4H,5-6H2,1H3. The second-order valence-corrected chi connectivity index (χ2v) is 1.82. The van der Waals surface area contributed by atoms with Crippen LogP contribution in [0, 0.1) is 0 Å². The van der Waals surface area contributed by atoms with Crippen LogP contribution in [-0.4, -0.2) is 31.6 Å². The van der Waals surface area contributed by atoms with E-state index in [9.17, 15) is 0 Å². The highest BCUT2D eigenvalue weighted by Crippen LogP contribution is 1.93. The predicted molar refractivity (Wildman–Crippen MR) is 36.2 cm³/mol. The van der Waals surface area contributed by atoms with E-state index in [0.29, 0.717) is 13.4 Å². The van der Waals surface area contributed by atoms with Crippen LogP contribution in [0.2, 0.25) is 0 Å². The number of aliphatic imine (C=N–C) groups is 1. The van der Waals surface area contributed by atoms with Crippen molar-refractivity contribution in [2.45, 2.75) is 0 Å². The van der Waals surface area contributed by atoms with Gasteiger partial charge in [-0.25, -0.2) is 0 Å². The van der Waals surface area contributed by atoms with Crippen LogP contribution in [0.4, 0.5) is 0 Å². The first-order valence-corrected chi connectivity index (χ1v) is 2.83. The maximum Gasteiger partial charge on any atom is 0.119 e. The summed E-state index contributed by atoms with van der Waals surface area (Å²) in [5.74, 6) is 0. The van der Waals surface area contributed by atoms with Crippen molar-refractivity contribution in [2.75, 3.05) is 20.5 Å². The van der Waals surface area contributed by atoms with E-state index in [1.807, 2.05) is 17.2 Å². The molecule has 50 valence electrons. The van der Waals surface area contributed by atoms with E-state index in [1.54, 1.807) is 13.3 Å². The van der Waals surface area contributed by atoms with Gasteiger partial charge < -0.3 is 9.64 Å². The van der Waals surface area contributed by atoms with Crippen LogP contribution in [0.1, 0.15) is 0 Å². The molecule has 0 amide bonds. The minimum Gasteiger partial charge on any atom is -0.364 e. The van der Waals surface area contributed by atoms with Gasteiger partial charge in [0.1, 0.15) is 13.4 Å². The van der Waals surface area contributed by atoms with Crippen LogP contribution in [-0.2, 0) is 4.74 Å². The van der Waals surface area contributed by atoms with Gasteiger partial charge in [0.25, 0.3) is 0 Å². The molecule has 3 heteroatoms. The Morgan fingerprint density at radius 3 is 3.22 bits per heavy atom. The highest BCUT2D eigenvalue weighted by molar-refractivity contribution is 5.71. The number of hydrogen-bond acceptors (Lipinski definition) is 3. The summed E-state index contributed by atoms with van der Waals surface area (Å²) in [6, 6.07) is 0. The topological polar surface area (TPSA) is 24.8 Å². The van der Waals surface area contributed by atoms with Crippen LogP contribution < -0.4 is 0 Å². The van der Waals surface area contributed by atoms with Gasteiger partial charge in [0.2, 0.25) is 0 Å². The van der Waals surface area contributed by atoms with Gasteiger partial charge in [-0.05, 0) is 6.08 Å². The summed E-state index contributed by atoms with van der Waals surface area (Å²) in [6.07, 6.45) is 5.63. The maximum absolute atomic E-state index is 4.88. The van der Waals surface area contributed by atoms with Crippen molar-refractivity contribution in [3.8, 4) is 0 Å². The molecule has 0 bridgehead atoms. The zero-order valence-electron chi connectivity index (χ0n) is 5.45. The molecule has 1 aliphatic rings. The third kappa shape index (κ3) is 1.85. The molecule has 0 aromatic heterocycles. The monoisotopic (exact) mass is 126 g/mol. The molecule has 1 rings (SSSR count). The molecular formula is C6H10N2O. The minimum absolute atomic E-state index is 0.619. The summed E-state index contributed by atoms with van der Waals surface area (Å²) >= 11 is 0. The number of hydrogen-bond donors (Lipinski definition) is 0. The van der Waals surface area contributed by atoms with Crippen molar-refractivity contribution >= 4 is 6.21 Å². The molecule has 0 unspecified atom stereocenters. The average Bonchev–Trinajstić information content (AvgIpc) is 1.91. The fourth-order valence-electron chi connectivity index (χ4n) is 0.670. The Morgan fingerprint density at radius 2 is 2.67 bits per heavy atom. The fraction of sp³-hybridized carbons (Fsp3) is 0.500. The van der Waals surface area contributed by atoms with E-state index in [2.05, 4.69) is 4.99 Å². The molecule has 0 fully saturated rings. The molecule has 0 spiro atoms. The Morgan fingerprint density at radius 1 is 1.78 bits per heavy atom. The summed E-state index contributed by atoms with van der Waals surface area (Å²) in [6.45, 7) is 1.33. The lowest BCUT2D eigenvalue weighted by molar-refractivity contribution is 0.0974. The minimum atomic E-state index is 0.619. The van der Waals surface area contributed by atoms with Crippen LogP contribution in [0.5, 0.6) is 0 Å². The Balaban J connectivity index is 2.28. The maximum atomic E-state index is 4.88. The summed E-state index contributed by atoms with van der Waals surface area (Å²) in [4.78, 5) is 5.98. The number of methoxy groups -OCH3 is 1. The van der Waals surface area contributed by atoms with Crippen molar-refractivity contribution in [2.24, 2.45) is 4.99 Å². The van der Waals surface area contributed by atoms with Crippen molar-refractivity contribution in [1.29, 1.82) is 0 Å². The lowest BCUT2D eigenvalue weighted by Gasteiger charge is -2.17. The Kier molecular flexibility index (Phi) is 2.27. The molecule has 0 aromatic rings. The molecule has 0 aromatic carbocycles. The van der Waals surface area contributed by atoms with Gasteiger partial charge in [-0.15, -0.1) is 0 Å². The van der Waals surface area contributed by atoms with Gasteiger partial charge in [0, 0.05) is 19.5 Å². The fourth-order valence-corrected chi connectivity index (χ4v) is 0.670. The Labute approximate surface area is 54.6 Å². The van der Waals surface area contributed by atoms with Gasteiger partial charge in [-0.1, -0.05) is 0 Å². The zero-order valence-corrected chi connectivity index (χ0v) is 5.45. The lowest BCUT2D eigenvalue weighted by atomic mass is 10.5. The average molecular weight is 126 g/mol. The second kappa shape index (κ2) is 3.25. The first-order chi connectivity index (χ1) is 4.43. The van der Waals surface area contributed by atoms with Gasteiger partial charge >= 0.3 is 0 Å². The van der Waals surface area contributed by atoms with Crippen LogP contribution in [0.25, 0.3) is 0 Å². The molecule has 0 N–H and O–H groups in total. The molecule has 1 heterocycles. The normalized spacial score (nSPS) is 16.8. The van der Waals surface area contributed by atoms with Crippen molar-refractivity contribution in [1.82, 2.24) is 4.90 Å². The van der Waals surface area contributed by atoms with Crippen LogP contribution in [0.3, 0.4) is 0 Å². The summed E-state index contributed by atoms with van der Waals surface area (Å²) < 4.78 is 4.88. The van der Waals surface area contributed by atoms with E-state index in [4.69, 9.17) is 4.74 Å². The van der Waals surface area contributed by atoms with E-state index < -0.39 is 0 Å². The van der Waals surface area contributed by atoms with E-state index >= 15 is 0 Å². The van der Waals surface area contributed by atoms with Crippen molar-refractivity contribution in [3.63, 3.8) is 0 Å². The van der Waals surface area contributed by atoms with E-state index in [0.717, 1.165) is 0 Å². The third-order valence-electron chi connectivity index (χ3n) is 1.05. The summed E-state index contributed by atoms with van der Waals surface area (Å²) in [5.41, 5.74) is 0. The zero-order chi connectivity index (χ0) is 6.53. The van der Waals surface area contributed by atoms with Gasteiger partial charge in [-0.2, -0.15) is 0 Å². The first-order valence-electron chi connectivity index (χ1n) is 2.83. The first kappa shape index (κ1) is 6.29. The predicted octanol–water partition coefficient (Wildman–Crippen LogP) is 0.448. The molecule has 0 atom stereocenters. The molecule has 0 radical (unpaired) electrons. The van der Waals surface area contributed by atoms with E-state index in [-0.39, 0.29) is 0 Å². The highest BCUT2D eigenvalue weighted by atomic mass is 16.5. The number of allylic oxidation sites excluding steroid dienone is 1. The van der Waals surface area contributed by atoms with Gasteiger partial charge in [-0.3, -0.25) is 4.99 Å². The van der Waals surface area contributed by atoms with Gasteiger partial charge in [0.15, 0.2) is 0 Å². The number of rotatable bonds is 2. The smallest absolute Gasteiger partial charge is 0.119 e. The Hall–Kier alpha value is -0.830. The van der Waals surface area contributed by atoms with Crippen LogP contribution in [0.15, 0.2) is 17.3 Å². The summed E-state index contributed by atoms with van der Waals surface area (Å²) in [5, 5.41) is 0. The third-order valence-corrected chi connectivity index (χ3v) is 1.05. The second-order valence-electron chi connectivity index (χ2n) is 1.82. The molecule has 9 heavy (non-hydrogen) atoms. The molecule has 0 saturated heterocycles. The molecule has 3 nitrogen and oxygen atoms in total. The quantitative estimate of drug-likeness (QED) is 0.536. The van der Waals surface area contributed by atoms with Gasteiger partial charge in [0.05, 0.1) is 0 Å². The number of ether oxygens (including phenoxy) is 1. The van der Waals surface area contributed by atoms with E-state index in [1.165, 1.54) is 0 Å². The van der Waals surface area contributed by atoms with Crippen LogP contribution >= 0.6 is 0 Å². The highest BCUT2D eigenvalue weighted by Gasteiger charge is 1.95. The van der Waals surface area contributed by atoms with Crippen molar-refractivity contribution in [3.05, 3.63) is 12.3 Å². The molecule has 1 aliphatic heterocycles. The lowest BCUT2D eigenvalue weighted by Crippen LogP contribution is -2.21. The number of nitrogens with zero attached hydrogens (tertiary/aromatic N) is 2.